The zero-order valence-electron chi connectivity index (χ0n) is 30.2. The molecule has 2 saturated heterocycles. The van der Waals surface area contributed by atoms with Crippen molar-refractivity contribution < 1.29 is 18.7 Å². The van der Waals surface area contributed by atoms with Gasteiger partial charge in [0.25, 0.3) is 5.91 Å². The van der Waals surface area contributed by atoms with Crippen molar-refractivity contribution in [2.75, 3.05) is 19.7 Å². The molecule has 1 unspecified atom stereocenters. The number of nitrogens with zero attached hydrogens (tertiary/aromatic N) is 5. The van der Waals surface area contributed by atoms with Crippen LogP contribution in [0.15, 0.2) is 115 Å². The van der Waals surface area contributed by atoms with Crippen molar-refractivity contribution in [1.29, 1.82) is 0 Å². The van der Waals surface area contributed by atoms with Crippen LogP contribution in [-0.4, -0.2) is 56.2 Å². The summed E-state index contributed by atoms with van der Waals surface area (Å²) in [5, 5.41) is 5.58. The van der Waals surface area contributed by atoms with Crippen LogP contribution in [0.3, 0.4) is 0 Å². The van der Waals surface area contributed by atoms with Crippen LogP contribution in [0.5, 0.6) is 5.75 Å². The third-order valence-electron chi connectivity index (χ3n) is 10.5. The summed E-state index contributed by atoms with van der Waals surface area (Å²) in [7, 11) is 0. The predicted octanol–water partition coefficient (Wildman–Crippen LogP) is 8.91. The number of aromatic nitrogens is 3. The summed E-state index contributed by atoms with van der Waals surface area (Å²) in [5.74, 6) is -0.190. The maximum Gasteiger partial charge on any atom is 0.255 e. The van der Waals surface area contributed by atoms with Crippen LogP contribution < -0.4 is 4.74 Å². The smallest absolute Gasteiger partial charge is 0.255 e. The van der Waals surface area contributed by atoms with Gasteiger partial charge in [-0.05, 0) is 68.0 Å². The number of halogens is 1. The van der Waals surface area contributed by atoms with Crippen LogP contribution in [0.25, 0.3) is 22.3 Å². The molecule has 2 fully saturated rings. The van der Waals surface area contributed by atoms with Gasteiger partial charge in [0.05, 0.1) is 28.4 Å². The second-order valence-electron chi connectivity index (χ2n) is 14.2. The highest BCUT2D eigenvalue weighted by Gasteiger charge is 2.37. The van der Waals surface area contributed by atoms with Crippen LogP contribution in [0.1, 0.15) is 71.2 Å². The topological polar surface area (TPSA) is 72.7 Å². The van der Waals surface area contributed by atoms with Crippen LogP contribution in [0.2, 0.25) is 0 Å². The predicted molar refractivity (Wildman–Crippen MR) is 204 cm³/mol. The van der Waals surface area contributed by atoms with Gasteiger partial charge in [-0.15, -0.1) is 0 Å². The van der Waals surface area contributed by atoms with Crippen molar-refractivity contribution in [2.24, 2.45) is 0 Å². The van der Waals surface area contributed by atoms with Crippen molar-refractivity contribution in [3.05, 3.63) is 149 Å². The zero-order valence-corrected chi connectivity index (χ0v) is 30.2. The molecule has 270 valence electrons. The number of carbonyl (C=O) groups excluding carboxylic acids is 1. The molecule has 8 nitrogen and oxygen atoms in total. The second-order valence-corrected chi connectivity index (χ2v) is 14.2. The molecule has 4 heterocycles. The summed E-state index contributed by atoms with van der Waals surface area (Å²) in [6, 6.07) is 37.1. The molecule has 3 atom stereocenters. The Balaban J connectivity index is 1.17. The van der Waals surface area contributed by atoms with Gasteiger partial charge in [-0.3, -0.25) is 9.69 Å². The molecule has 4 aromatic carbocycles. The lowest BCUT2D eigenvalue weighted by Crippen LogP contribution is -2.55. The van der Waals surface area contributed by atoms with Gasteiger partial charge >= 0.3 is 0 Å². The average molecular weight is 710 g/mol. The van der Waals surface area contributed by atoms with Crippen molar-refractivity contribution in [2.45, 2.75) is 64.6 Å². The number of pyridine rings is 1. The average Bonchev–Trinajstić information content (AvgIpc) is 3.54. The molecular formula is C44H44FN5O3. The number of benzene rings is 4. The highest BCUT2D eigenvalue weighted by molar-refractivity contribution is 6.07. The molecule has 0 N–H and O–H groups in total. The van der Waals surface area contributed by atoms with Crippen molar-refractivity contribution >= 4 is 16.9 Å². The van der Waals surface area contributed by atoms with Crippen LogP contribution in [-0.2, 0) is 17.9 Å². The Morgan fingerprint density at radius 3 is 2.30 bits per heavy atom. The first-order valence-electron chi connectivity index (χ1n) is 18.5. The molecule has 0 saturated carbocycles. The maximum atomic E-state index is 16.1. The van der Waals surface area contributed by atoms with E-state index in [4.69, 9.17) is 19.6 Å². The maximum absolute atomic E-state index is 16.1. The fourth-order valence-corrected chi connectivity index (χ4v) is 7.74. The van der Waals surface area contributed by atoms with Crippen molar-refractivity contribution in [3.8, 4) is 17.0 Å². The van der Waals surface area contributed by atoms with Crippen LogP contribution in [0.4, 0.5) is 4.39 Å². The lowest BCUT2D eigenvalue weighted by Gasteiger charge is -2.45. The molecule has 0 radical (unpaired) electrons. The molecule has 0 aliphatic carbocycles. The SMILES string of the molecule is Cc1nn(C2CCCCO2)c2nc(-c3ccc(OCc4ccccc4)cc3F)cc(C(=O)N3C[C@@H](c4ccccc4)N(Cc4ccccc4)C[C@@H]3C)c12. The van der Waals surface area contributed by atoms with Gasteiger partial charge in [0.15, 0.2) is 11.9 Å². The van der Waals surface area contributed by atoms with Crippen molar-refractivity contribution in [1.82, 2.24) is 24.6 Å². The number of fused-ring (bicyclic) bond motifs is 1. The Morgan fingerprint density at radius 1 is 0.887 bits per heavy atom. The van der Waals surface area contributed by atoms with Gasteiger partial charge in [-0.1, -0.05) is 91.0 Å². The minimum Gasteiger partial charge on any atom is -0.489 e. The lowest BCUT2D eigenvalue weighted by molar-refractivity contribution is -0.0371. The largest absolute Gasteiger partial charge is 0.489 e. The van der Waals surface area contributed by atoms with Gasteiger partial charge in [0, 0.05) is 43.9 Å². The van der Waals surface area contributed by atoms with E-state index in [9.17, 15) is 0 Å². The summed E-state index contributed by atoms with van der Waals surface area (Å²) < 4.78 is 29.9. The number of ether oxygens (including phenoxy) is 2. The second kappa shape index (κ2) is 15.3. The summed E-state index contributed by atoms with van der Waals surface area (Å²) in [6.45, 7) is 6.92. The fourth-order valence-electron chi connectivity index (χ4n) is 7.74. The molecule has 1 amide bonds. The Hall–Kier alpha value is -5.38. The van der Waals surface area contributed by atoms with Crippen LogP contribution >= 0.6 is 0 Å². The Kier molecular flexibility index (Phi) is 10.0. The number of aryl methyl sites for hydroxylation is 1. The molecule has 2 aliphatic rings. The Labute approximate surface area is 309 Å². The lowest BCUT2D eigenvalue weighted by atomic mass is 9.97. The number of carbonyl (C=O) groups is 1. The Bertz CT molecular complexity index is 2190. The zero-order chi connectivity index (χ0) is 36.3. The molecule has 53 heavy (non-hydrogen) atoms. The molecule has 2 aliphatic heterocycles. The quantitative estimate of drug-likeness (QED) is 0.149. The van der Waals surface area contributed by atoms with E-state index >= 15 is 9.18 Å². The normalized spacial score (nSPS) is 19.4. The summed E-state index contributed by atoms with van der Waals surface area (Å²) in [4.78, 5) is 24.5. The number of rotatable bonds is 9. The number of hydrogen-bond acceptors (Lipinski definition) is 6. The van der Waals surface area contributed by atoms with Gasteiger partial charge in [-0.2, -0.15) is 5.10 Å². The van der Waals surface area contributed by atoms with E-state index in [2.05, 4.69) is 60.4 Å². The van der Waals surface area contributed by atoms with E-state index in [1.54, 1.807) is 22.9 Å². The van der Waals surface area contributed by atoms with E-state index in [-0.39, 0.29) is 29.8 Å². The molecular weight excluding hydrogens is 666 g/mol. The molecule has 0 spiro atoms. The molecule has 6 aromatic rings. The van der Waals surface area contributed by atoms with Gasteiger partial charge in [0.2, 0.25) is 0 Å². The highest BCUT2D eigenvalue weighted by Crippen LogP contribution is 2.36. The summed E-state index contributed by atoms with van der Waals surface area (Å²) in [5.41, 5.74) is 5.70. The standard InChI is InChI=1S/C44H44FN5O3/c1-30-26-48(27-32-14-6-3-7-15-32)40(34-18-10-5-11-19-34)28-49(30)44(51)37-25-39(46-43-42(37)31(2)47-50(43)41-20-12-13-23-52-41)36-22-21-35(24-38(36)45)53-29-33-16-8-4-9-17-33/h3-11,14-19,21-22,24-25,30,40-41H,12-13,20,23,26-29H2,1-2H3/t30-,40-,41?/m0/s1. The first-order valence-corrected chi connectivity index (χ1v) is 18.5. The van der Waals surface area contributed by atoms with E-state index in [0.717, 1.165) is 36.9 Å². The summed E-state index contributed by atoms with van der Waals surface area (Å²) in [6.07, 6.45) is 2.46. The van der Waals surface area contributed by atoms with Gasteiger partial charge in [0.1, 0.15) is 18.2 Å². The third kappa shape index (κ3) is 7.32. The molecule has 2 aromatic heterocycles. The first-order chi connectivity index (χ1) is 25.9. The van der Waals surface area contributed by atoms with Gasteiger partial charge < -0.3 is 14.4 Å². The van der Waals surface area contributed by atoms with Crippen LogP contribution in [0, 0.1) is 12.7 Å². The Morgan fingerprint density at radius 2 is 1.60 bits per heavy atom. The fraction of sp³-hybridized carbons (Fsp3) is 0.295. The van der Waals surface area contributed by atoms with E-state index in [1.165, 1.54) is 11.6 Å². The molecule has 9 heteroatoms. The van der Waals surface area contributed by atoms with Crippen molar-refractivity contribution in [3.63, 3.8) is 0 Å². The van der Waals surface area contributed by atoms with E-state index in [0.29, 0.717) is 60.0 Å². The third-order valence-corrected chi connectivity index (χ3v) is 10.5. The number of piperazine rings is 1. The first kappa shape index (κ1) is 34.7. The number of hydrogen-bond donors (Lipinski definition) is 0. The minimum absolute atomic E-state index is 0.0197. The number of amides is 1. The minimum atomic E-state index is -0.482. The van der Waals surface area contributed by atoms with E-state index < -0.39 is 5.82 Å². The molecule has 0 bridgehead atoms. The highest BCUT2D eigenvalue weighted by atomic mass is 19.1. The van der Waals surface area contributed by atoms with E-state index in [1.807, 2.05) is 54.3 Å². The van der Waals surface area contributed by atoms with Gasteiger partial charge in [-0.25, -0.2) is 14.1 Å². The molecule has 8 rings (SSSR count). The monoisotopic (exact) mass is 709 g/mol. The summed E-state index contributed by atoms with van der Waals surface area (Å²) >= 11 is 0.